The van der Waals surface area contributed by atoms with Gasteiger partial charge in [0.05, 0.1) is 16.0 Å². The Kier molecular flexibility index (Phi) is 6.80. The normalized spacial score (nSPS) is 13.6. The quantitative estimate of drug-likeness (QED) is 0.614. The number of anilines is 1. The molecule has 0 fully saturated rings. The first-order chi connectivity index (χ1) is 15.1. The number of aryl methyl sites for hydroxylation is 2. The third-order valence-electron chi connectivity index (χ3n) is 5.48. The van der Waals surface area contributed by atoms with E-state index < -0.39 is 27.7 Å². The Morgan fingerprint density at radius 2 is 1.62 bits per heavy atom. The molecular weight excluding hydrogens is 430 g/mol. The Hall–Kier alpha value is -3.04. The lowest BCUT2D eigenvalue weighted by molar-refractivity contribution is -0.116. The van der Waals surface area contributed by atoms with Gasteiger partial charge in [-0.3, -0.25) is 19.3 Å². The summed E-state index contributed by atoms with van der Waals surface area (Å²) in [5, 5.41) is 2.67. The van der Waals surface area contributed by atoms with Crippen LogP contribution < -0.4 is 5.32 Å². The van der Waals surface area contributed by atoms with E-state index in [1.807, 2.05) is 6.92 Å². The number of nitrogens with zero attached hydrogens (tertiary/aromatic N) is 2. The monoisotopic (exact) mass is 457 g/mol. The van der Waals surface area contributed by atoms with Crippen molar-refractivity contribution in [1.82, 2.24) is 9.21 Å². The molecule has 0 aromatic heterocycles. The van der Waals surface area contributed by atoms with Crippen LogP contribution in [0.25, 0.3) is 0 Å². The van der Waals surface area contributed by atoms with Crippen LogP contribution in [0.15, 0.2) is 41.3 Å². The number of amides is 3. The topological polar surface area (TPSA) is 104 Å². The van der Waals surface area contributed by atoms with Gasteiger partial charge in [0.1, 0.15) is 0 Å². The molecule has 0 spiro atoms. The molecule has 0 radical (unpaired) electrons. The number of rotatable bonds is 8. The molecule has 0 saturated heterocycles. The highest BCUT2D eigenvalue weighted by molar-refractivity contribution is 7.89. The molecule has 1 aliphatic heterocycles. The molecule has 3 amide bonds. The molecule has 0 saturated carbocycles. The lowest BCUT2D eigenvalue weighted by Gasteiger charge is -2.20. The number of hydrogen-bond donors (Lipinski definition) is 1. The van der Waals surface area contributed by atoms with E-state index in [0.717, 1.165) is 10.5 Å². The zero-order valence-corrected chi connectivity index (χ0v) is 19.5. The second-order valence-corrected chi connectivity index (χ2v) is 9.59. The van der Waals surface area contributed by atoms with Crippen molar-refractivity contribution in [3.8, 4) is 0 Å². The van der Waals surface area contributed by atoms with Gasteiger partial charge in [0.2, 0.25) is 15.9 Å². The Balaban J connectivity index is 1.70. The van der Waals surface area contributed by atoms with Crippen LogP contribution in [-0.4, -0.2) is 55.0 Å². The maximum Gasteiger partial charge on any atom is 0.261 e. The van der Waals surface area contributed by atoms with Gasteiger partial charge in [-0.05, 0) is 43.7 Å². The lowest BCUT2D eigenvalue weighted by Crippen LogP contribution is -2.33. The maximum atomic E-state index is 12.9. The zero-order chi connectivity index (χ0) is 23.6. The highest BCUT2D eigenvalue weighted by Gasteiger charge is 2.35. The standard InChI is InChI=1S/C23H27N3O5S/c1-5-25(6-2)32(30,31)20-14-17(9-8-16(20)4)24-21(27)11-12-26-22(28)18-10-7-15(3)13-19(18)23(26)29/h7-10,13-14H,5-6,11-12H2,1-4H3,(H,24,27). The van der Waals surface area contributed by atoms with Gasteiger partial charge in [-0.2, -0.15) is 4.31 Å². The van der Waals surface area contributed by atoms with E-state index in [4.69, 9.17) is 0 Å². The summed E-state index contributed by atoms with van der Waals surface area (Å²) in [6, 6.07) is 9.75. The fourth-order valence-electron chi connectivity index (χ4n) is 3.70. The minimum absolute atomic E-state index is 0.0618. The second-order valence-electron chi connectivity index (χ2n) is 7.68. The summed E-state index contributed by atoms with van der Waals surface area (Å²) in [6.07, 6.45) is -0.101. The minimum Gasteiger partial charge on any atom is -0.326 e. The summed E-state index contributed by atoms with van der Waals surface area (Å²) in [4.78, 5) is 38.7. The zero-order valence-electron chi connectivity index (χ0n) is 18.6. The molecule has 0 atom stereocenters. The Morgan fingerprint density at radius 1 is 0.969 bits per heavy atom. The van der Waals surface area contributed by atoms with Crippen molar-refractivity contribution in [2.45, 2.75) is 39.0 Å². The number of benzene rings is 2. The van der Waals surface area contributed by atoms with Crippen molar-refractivity contribution < 1.29 is 22.8 Å². The van der Waals surface area contributed by atoms with Crippen molar-refractivity contribution in [2.75, 3.05) is 25.0 Å². The highest BCUT2D eigenvalue weighted by Crippen LogP contribution is 2.25. The number of fused-ring (bicyclic) bond motifs is 1. The molecule has 0 bridgehead atoms. The van der Waals surface area contributed by atoms with Crippen molar-refractivity contribution in [2.24, 2.45) is 0 Å². The molecule has 2 aromatic carbocycles. The smallest absolute Gasteiger partial charge is 0.261 e. The predicted molar refractivity (Wildman–Crippen MR) is 121 cm³/mol. The summed E-state index contributed by atoms with van der Waals surface area (Å²) in [7, 11) is -3.68. The summed E-state index contributed by atoms with van der Waals surface area (Å²) in [5.74, 6) is -1.25. The molecule has 3 rings (SSSR count). The van der Waals surface area contributed by atoms with E-state index in [-0.39, 0.29) is 17.9 Å². The van der Waals surface area contributed by atoms with Crippen LogP contribution in [0.1, 0.15) is 52.1 Å². The van der Waals surface area contributed by atoms with Gasteiger partial charge >= 0.3 is 0 Å². The molecule has 1 heterocycles. The van der Waals surface area contributed by atoms with E-state index in [0.29, 0.717) is 35.5 Å². The van der Waals surface area contributed by atoms with E-state index >= 15 is 0 Å². The first kappa shape index (κ1) is 23.6. The van der Waals surface area contributed by atoms with Gasteiger partial charge in [-0.1, -0.05) is 31.5 Å². The molecule has 32 heavy (non-hydrogen) atoms. The van der Waals surface area contributed by atoms with Crippen LogP contribution in [0, 0.1) is 13.8 Å². The maximum absolute atomic E-state index is 12.9. The van der Waals surface area contributed by atoms with Gasteiger partial charge in [-0.25, -0.2) is 8.42 Å². The molecule has 1 aliphatic rings. The van der Waals surface area contributed by atoms with Gasteiger partial charge in [0, 0.05) is 31.7 Å². The van der Waals surface area contributed by atoms with Crippen LogP contribution in [0.4, 0.5) is 5.69 Å². The van der Waals surface area contributed by atoms with E-state index in [1.165, 1.54) is 10.4 Å². The number of imide groups is 1. The molecule has 8 nitrogen and oxygen atoms in total. The van der Waals surface area contributed by atoms with Gasteiger partial charge in [0.25, 0.3) is 11.8 Å². The number of carbonyl (C=O) groups excluding carboxylic acids is 3. The summed E-state index contributed by atoms with van der Waals surface area (Å²) >= 11 is 0. The van der Waals surface area contributed by atoms with Crippen molar-refractivity contribution in [1.29, 1.82) is 0 Å². The van der Waals surface area contributed by atoms with Crippen LogP contribution >= 0.6 is 0 Å². The first-order valence-corrected chi connectivity index (χ1v) is 11.9. The molecular formula is C23H27N3O5S. The molecule has 170 valence electrons. The van der Waals surface area contributed by atoms with E-state index in [9.17, 15) is 22.8 Å². The van der Waals surface area contributed by atoms with Gasteiger partial charge in [-0.15, -0.1) is 0 Å². The largest absolute Gasteiger partial charge is 0.326 e. The van der Waals surface area contributed by atoms with Crippen molar-refractivity contribution >= 4 is 33.4 Å². The van der Waals surface area contributed by atoms with Crippen molar-refractivity contribution in [3.05, 3.63) is 58.7 Å². The van der Waals surface area contributed by atoms with Crippen LogP contribution in [0.5, 0.6) is 0 Å². The third kappa shape index (κ3) is 4.44. The second kappa shape index (κ2) is 9.22. The van der Waals surface area contributed by atoms with Crippen LogP contribution in [0.2, 0.25) is 0 Å². The van der Waals surface area contributed by atoms with Gasteiger partial charge in [0.15, 0.2) is 0 Å². The summed E-state index contributed by atoms with van der Waals surface area (Å²) in [6.45, 7) is 7.69. The van der Waals surface area contributed by atoms with Crippen LogP contribution in [-0.2, 0) is 14.8 Å². The van der Waals surface area contributed by atoms with Crippen LogP contribution in [0.3, 0.4) is 0 Å². The number of sulfonamides is 1. The lowest BCUT2D eigenvalue weighted by atomic mass is 10.1. The molecule has 9 heteroatoms. The molecule has 1 N–H and O–H groups in total. The summed E-state index contributed by atoms with van der Waals surface area (Å²) < 4.78 is 27.1. The van der Waals surface area contributed by atoms with E-state index in [2.05, 4.69) is 5.32 Å². The Bertz CT molecular complexity index is 1190. The average Bonchev–Trinajstić information content (AvgIpc) is 2.97. The molecule has 0 unspecified atom stereocenters. The third-order valence-corrected chi connectivity index (χ3v) is 7.68. The minimum atomic E-state index is -3.68. The Morgan fingerprint density at radius 3 is 2.28 bits per heavy atom. The Labute approximate surface area is 188 Å². The van der Waals surface area contributed by atoms with Gasteiger partial charge < -0.3 is 5.32 Å². The molecule has 2 aromatic rings. The number of hydrogen-bond acceptors (Lipinski definition) is 5. The SMILES string of the molecule is CCN(CC)S(=O)(=O)c1cc(NC(=O)CCN2C(=O)c3ccc(C)cc3C2=O)ccc1C. The predicted octanol–water partition coefficient (Wildman–Crippen LogP) is 2.96. The summed E-state index contributed by atoms with van der Waals surface area (Å²) in [5.41, 5.74) is 2.48. The van der Waals surface area contributed by atoms with E-state index in [1.54, 1.807) is 51.1 Å². The van der Waals surface area contributed by atoms with Crippen molar-refractivity contribution in [3.63, 3.8) is 0 Å². The first-order valence-electron chi connectivity index (χ1n) is 10.5. The average molecular weight is 458 g/mol. The highest BCUT2D eigenvalue weighted by atomic mass is 32.2. The number of carbonyl (C=O) groups is 3. The fourth-order valence-corrected chi connectivity index (χ4v) is 5.41. The fraction of sp³-hybridized carbons (Fsp3) is 0.348. The number of nitrogens with one attached hydrogen (secondary N) is 1. The molecule has 0 aliphatic carbocycles.